The molecule has 3 rings (SSSR count). The predicted molar refractivity (Wildman–Crippen MR) is 97.1 cm³/mol. The smallest absolute Gasteiger partial charge is 0.408 e. The van der Waals surface area contributed by atoms with Crippen molar-refractivity contribution >= 4 is 6.09 Å². The first-order valence-electron chi connectivity index (χ1n) is 9.20. The molecular formula is C20H30N2O3. The van der Waals surface area contributed by atoms with E-state index in [2.05, 4.69) is 34.5 Å². The summed E-state index contributed by atoms with van der Waals surface area (Å²) >= 11 is 0. The molecule has 0 unspecified atom stereocenters. The molecule has 138 valence electrons. The summed E-state index contributed by atoms with van der Waals surface area (Å²) in [6.07, 6.45) is 1.59. The summed E-state index contributed by atoms with van der Waals surface area (Å²) in [6, 6.07) is 10.4. The zero-order chi connectivity index (χ0) is 18.1. The summed E-state index contributed by atoms with van der Waals surface area (Å²) in [7, 11) is 0. The van der Waals surface area contributed by atoms with Gasteiger partial charge in [-0.3, -0.25) is 4.90 Å². The molecule has 2 N–H and O–H groups in total. The predicted octanol–water partition coefficient (Wildman–Crippen LogP) is 2.78. The second kappa shape index (κ2) is 6.96. The molecule has 5 heteroatoms. The van der Waals surface area contributed by atoms with Gasteiger partial charge in [-0.1, -0.05) is 30.3 Å². The fourth-order valence-electron chi connectivity index (χ4n) is 3.97. The molecule has 0 bridgehead atoms. The van der Waals surface area contributed by atoms with E-state index in [4.69, 9.17) is 4.74 Å². The van der Waals surface area contributed by atoms with Crippen LogP contribution in [0.3, 0.4) is 0 Å². The van der Waals surface area contributed by atoms with E-state index in [1.807, 2.05) is 26.8 Å². The van der Waals surface area contributed by atoms with Gasteiger partial charge in [-0.2, -0.15) is 0 Å². The standard InChI is InChI=1S/C20H30N2O3/c1-19(2,3)25-18(24)21-20(9-10-20)17-13-22(12-16(17)14-23)11-15-7-5-4-6-8-15/h4-8,16-17,23H,9-14H2,1-3H3,(H,21,24)/t16-,17+/m1/s1. The highest BCUT2D eigenvalue weighted by molar-refractivity contribution is 5.69. The summed E-state index contributed by atoms with van der Waals surface area (Å²) < 4.78 is 5.44. The number of benzene rings is 1. The number of ether oxygens (including phenoxy) is 1. The van der Waals surface area contributed by atoms with Crippen molar-refractivity contribution in [2.24, 2.45) is 11.8 Å². The molecule has 2 atom stereocenters. The Hall–Kier alpha value is -1.59. The van der Waals surface area contributed by atoms with Crippen LogP contribution in [0.5, 0.6) is 0 Å². The van der Waals surface area contributed by atoms with Gasteiger partial charge in [0.05, 0.1) is 0 Å². The first kappa shape index (κ1) is 18.2. The van der Waals surface area contributed by atoms with Gasteiger partial charge < -0.3 is 15.2 Å². The van der Waals surface area contributed by atoms with Crippen LogP contribution in [0, 0.1) is 11.8 Å². The minimum Gasteiger partial charge on any atom is -0.444 e. The van der Waals surface area contributed by atoms with Gasteiger partial charge in [-0.15, -0.1) is 0 Å². The molecule has 0 spiro atoms. The number of alkyl carbamates (subject to hydrolysis) is 1. The Balaban J connectivity index is 1.63. The van der Waals surface area contributed by atoms with Crippen molar-refractivity contribution in [2.45, 2.75) is 51.3 Å². The Morgan fingerprint density at radius 1 is 1.28 bits per heavy atom. The quantitative estimate of drug-likeness (QED) is 0.861. The zero-order valence-electron chi connectivity index (χ0n) is 15.5. The van der Waals surface area contributed by atoms with Crippen molar-refractivity contribution in [2.75, 3.05) is 19.7 Å². The lowest BCUT2D eigenvalue weighted by Crippen LogP contribution is -2.47. The number of likely N-dealkylation sites (tertiary alicyclic amines) is 1. The molecule has 1 aromatic rings. The molecule has 1 aromatic carbocycles. The van der Waals surface area contributed by atoms with Crippen LogP contribution in [0.1, 0.15) is 39.2 Å². The van der Waals surface area contributed by atoms with Crippen LogP contribution in [-0.2, 0) is 11.3 Å². The largest absolute Gasteiger partial charge is 0.444 e. The van der Waals surface area contributed by atoms with Gasteiger partial charge in [0, 0.05) is 43.6 Å². The maximum atomic E-state index is 12.2. The van der Waals surface area contributed by atoms with E-state index in [0.717, 1.165) is 32.5 Å². The summed E-state index contributed by atoms with van der Waals surface area (Å²) in [6.45, 7) is 8.44. The molecule has 2 fully saturated rings. The number of carbonyl (C=O) groups is 1. The first-order chi connectivity index (χ1) is 11.8. The number of hydrogen-bond donors (Lipinski definition) is 2. The van der Waals surface area contributed by atoms with Crippen LogP contribution in [0.15, 0.2) is 30.3 Å². The molecule has 1 aliphatic heterocycles. The number of hydrogen-bond acceptors (Lipinski definition) is 4. The van der Waals surface area contributed by atoms with Gasteiger partial charge in [-0.05, 0) is 39.2 Å². The van der Waals surface area contributed by atoms with Crippen LogP contribution in [0.25, 0.3) is 0 Å². The van der Waals surface area contributed by atoms with Crippen molar-refractivity contribution in [3.63, 3.8) is 0 Å². The van der Waals surface area contributed by atoms with E-state index in [0.29, 0.717) is 0 Å². The zero-order valence-corrected chi connectivity index (χ0v) is 15.5. The summed E-state index contributed by atoms with van der Waals surface area (Å²) in [5.74, 6) is 0.467. The average molecular weight is 346 g/mol. The molecule has 1 amide bonds. The lowest BCUT2D eigenvalue weighted by atomic mass is 9.87. The van der Waals surface area contributed by atoms with Crippen LogP contribution in [-0.4, -0.2) is 46.9 Å². The van der Waals surface area contributed by atoms with E-state index in [9.17, 15) is 9.90 Å². The first-order valence-corrected chi connectivity index (χ1v) is 9.20. The van der Waals surface area contributed by atoms with Gasteiger partial charge >= 0.3 is 6.09 Å². The number of amides is 1. The number of carbonyl (C=O) groups excluding carboxylic acids is 1. The summed E-state index contributed by atoms with van der Waals surface area (Å²) in [5.41, 5.74) is 0.581. The Morgan fingerprint density at radius 3 is 2.52 bits per heavy atom. The Morgan fingerprint density at radius 2 is 1.96 bits per heavy atom. The highest BCUT2D eigenvalue weighted by Gasteiger charge is 2.56. The Labute approximate surface area is 150 Å². The second-order valence-corrected chi connectivity index (χ2v) is 8.51. The molecule has 1 saturated heterocycles. The minimum atomic E-state index is -0.494. The number of nitrogens with zero attached hydrogens (tertiary/aromatic N) is 1. The lowest BCUT2D eigenvalue weighted by Gasteiger charge is -2.29. The molecule has 25 heavy (non-hydrogen) atoms. The Kier molecular flexibility index (Phi) is 5.07. The fourth-order valence-corrected chi connectivity index (χ4v) is 3.97. The molecule has 5 nitrogen and oxygen atoms in total. The number of aliphatic hydroxyl groups is 1. The monoisotopic (exact) mass is 346 g/mol. The molecule has 0 aromatic heterocycles. The van der Waals surface area contributed by atoms with Gasteiger partial charge in [0.1, 0.15) is 5.60 Å². The second-order valence-electron chi connectivity index (χ2n) is 8.51. The molecular weight excluding hydrogens is 316 g/mol. The van der Waals surface area contributed by atoms with E-state index >= 15 is 0 Å². The van der Waals surface area contributed by atoms with Gasteiger partial charge in [0.2, 0.25) is 0 Å². The number of aliphatic hydroxyl groups excluding tert-OH is 1. The molecule has 1 aliphatic carbocycles. The molecule has 1 heterocycles. The van der Waals surface area contributed by atoms with Gasteiger partial charge in [0.15, 0.2) is 0 Å². The molecule has 0 radical (unpaired) electrons. The average Bonchev–Trinajstić information content (AvgIpc) is 3.17. The number of rotatable bonds is 5. The normalized spacial score (nSPS) is 25.6. The third-order valence-electron chi connectivity index (χ3n) is 5.25. The van der Waals surface area contributed by atoms with Crippen LogP contribution >= 0.6 is 0 Å². The highest BCUT2D eigenvalue weighted by Crippen LogP contribution is 2.48. The fraction of sp³-hybridized carbons (Fsp3) is 0.650. The van der Waals surface area contributed by atoms with Crippen molar-refractivity contribution in [3.05, 3.63) is 35.9 Å². The van der Waals surface area contributed by atoms with Crippen molar-refractivity contribution in [3.8, 4) is 0 Å². The van der Waals surface area contributed by atoms with Gasteiger partial charge in [0.25, 0.3) is 0 Å². The topological polar surface area (TPSA) is 61.8 Å². The molecule has 2 aliphatic rings. The minimum absolute atomic E-state index is 0.160. The molecule has 1 saturated carbocycles. The van der Waals surface area contributed by atoms with Crippen LogP contribution in [0.2, 0.25) is 0 Å². The summed E-state index contributed by atoms with van der Waals surface area (Å²) in [4.78, 5) is 14.6. The summed E-state index contributed by atoms with van der Waals surface area (Å²) in [5, 5.41) is 13.0. The van der Waals surface area contributed by atoms with Crippen LogP contribution < -0.4 is 5.32 Å². The Bertz CT molecular complexity index is 593. The van der Waals surface area contributed by atoms with Crippen molar-refractivity contribution in [1.29, 1.82) is 0 Å². The van der Waals surface area contributed by atoms with E-state index in [1.165, 1.54) is 5.56 Å². The van der Waals surface area contributed by atoms with E-state index < -0.39 is 5.60 Å². The van der Waals surface area contributed by atoms with E-state index in [1.54, 1.807) is 0 Å². The van der Waals surface area contributed by atoms with Crippen molar-refractivity contribution < 1.29 is 14.6 Å². The maximum absolute atomic E-state index is 12.2. The third kappa shape index (κ3) is 4.53. The van der Waals surface area contributed by atoms with E-state index in [-0.39, 0.29) is 30.1 Å². The SMILES string of the molecule is CC(C)(C)OC(=O)NC1([C@H]2CN(Cc3ccccc3)C[C@@H]2CO)CC1. The van der Waals surface area contributed by atoms with Crippen LogP contribution in [0.4, 0.5) is 4.79 Å². The maximum Gasteiger partial charge on any atom is 0.408 e. The number of nitrogens with one attached hydrogen (secondary N) is 1. The van der Waals surface area contributed by atoms with Crippen molar-refractivity contribution in [1.82, 2.24) is 10.2 Å². The highest BCUT2D eigenvalue weighted by atomic mass is 16.6. The van der Waals surface area contributed by atoms with Gasteiger partial charge in [-0.25, -0.2) is 4.79 Å². The third-order valence-corrected chi connectivity index (χ3v) is 5.25. The lowest BCUT2D eigenvalue weighted by molar-refractivity contribution is 0.0457.